The Kier molecular flexibility index (Phi) is 7.83. The summed E-state index contributed by atoms with van der Waals surface area (Å²) < 4.78 is 7.31. The van der Waals surface area contributed by atoms with E-state index in [1.54, 1.807) is 22.0 Å². The van der Waals surface area contributed by atoms with Gasteiger partial charge in [-0.15, -0.1) is 5.10 Å². The number of nitrogens with one attached hydrogen (secondary N) is 1. The van der Waals surface area contributed by atoms with Gasteiger partial charge in [-0.05, 0) is 62.1 Å². The normalized spacial score (nSPS) is 13.6. The van der Waals surface area contributed by atoms with Crippen LogP contribution in [0.5, 0.6) is 0 Å². The first kappa shape index (κ1) is 23.0. The summed E-state index contributed by atoms with van der Waals surface area (Å²) in [5.41, 5.74) is 0.341. The van der Waals surface area contributed by atoms with Gasteiger partial charge in [-0.3, -0.25) is 9.78 Å². The molecule has 2 heterocycles. The van der Waals surface area contributed by atoms with Gasteiger partial charge in [0.2, 0.25) is 11.1 Å². The highest BCUT2D eigenvalue weighted by Crippen LogP contribution is 2.36. The molecule has 2 aromatic heterocycles. The molecule has 3 rings (SSSR count). The highest BCUT2D eigenvalue weighted by atomic mass is 32.2. The summed E-state index contributed by atoms with van der Waals surface area (Å²) >= 11 is 1.33. The molecule has 168 valence electrons. The number of nitrogens with zero attached hydrogens (tertiary/aromatic N) is 6. The van der Waals surface area contributed by atoms with Crippen LogP contribution in [0.25, 0.3) is 0 Å². The molecule has 2 aromatic rings. The molecule has 0 radical (unpaired) electrons. The quantitative estimate of drug-likeness (QED) is 0.436. The van der Waals surface area contributed by atoms with E-state index in [0.29, 0.717) is 37.3 Å². The van der Waals surface area contributed by atoms with Crippen LogP contribution in [-0.2, 0) is 16.1 Å². The fraction of sp³-hybridized carbons (Fsp3) is 0.600. The molecule has 1 aliphatic rings. The third kappa shape index (κ3) is 7.82. The van der Waals surface area contributed by atoms with E-state index in [1.165, 1.54) is 11.8 Å². The van der Waals surface area contributed by atoms with Crippen molar-refractivity contribution in [3.8, 4) is 0 Å². The molecule has 31 heavy (non-hydrogen) atoms. The van der Waals surface area contributed by atoms with Crippen molar-refractivity contribution in [1.82, 2.24) is 35.4 Å². The minimum atomic E-state index is -0.578. The SMILES string of the molecule is CC(C)(C)OC(=O)N(CCCNC(=O)CSc1nnnn1C1CC1)Cc1cccnc1. The van der Waals surface area contributed by atoms with Crippen molar-refractivity contribution < 1.29 is 14.3 Å². The summed E-state index contributed by atoms with van der Waals surface area (Å²) in [7, 11) is 0. The van der Waals surface area contributed by atoms with E-state index in [0.717, 1.165) is 18.4 Å². The summed E-state index contributed by atoms with van der Waals surface area (Å²) in [6.07, 6.45) is 5.81. The van der Waals surface area contributed by atoms with E-state index >= 15 is 0 Å². The first-order valence-corrected chi connectivity index (χ1v) is 11.3. The van der Waals surface area contributed by atoms with E-state index in [-0.39, 0.29) is 17.8 Å². The molecule has 0 aliphatic heterocycles. The van der Waals surface area contributed by atoms with Crippen molar-refractivity contribution in [2.45, 2.75) is 63.4 Å². The summed E-state index contributed by atoms with van der Waals surface area (Å²) in [6.45, 7) is 6.83. The number of amides is 2. The summed E-state index contributed by atoms with van der Waals surface area (Å²) in [5, 5.41) is 15.2. The number of carbonyl (C=O) groups is 2. The first-order valence-electron chi connectivity index (χ1n) is 10.4. The fourth-order valence-electron chi connectivity index (χ4n) is 2.78. The van der Waals surface area contributed by atoms with Crippen LogP contribution in [0.4, 0.5) is 4.79 Å². The van der Waals surface area contributed by atoms with Gasteiger partial charge in [-0.25, -0.2) is 9.48 Å². The predicted octanol–water partition coefficient (Wildman–Crippen LogP) is 2.44. The second kappa shape index (κ2) is 10.6. The van der Waals surface area contributed by atoms with Gasteiger partial charge in [-0.1, -0.05) is 17.8 Å². The topological polar surface area (TPSA) is 115 Å². The average molecular weight is 448 g/mol. The average Bonchev–Trinajstić information content (AvgIpc) is 3.45. The van der Waals surface area contributed by atoms with E-state index in [2.05, 4.69) is 25.8 Å². The largest absolute Gasteiger partial charge is 0.444 e. The number of tetrazole rings is 1. The van der Waals surface area contributed by atoms with E-state index < -0.39 is 5.60 Å². The molecule has 0 bridgehead atoms. The number of pyridine rings is 1. The minimum Gasteiger partial charge on any atom is -0.444 e. The Morgan fingerprint density at radius 1 is 1.35 bits per heavy atom. The molecule has 0 saturated heterocycles. The molecule has 2 amide bonds. The number of rotatable bonds is 10. The summed E-state index contributed by atoms with van der Waals surface area (Å²) in [5.74, 6) is 0.157. The Morgan fingerprint density at radius 3 is 2.84 bits per heavy atom. The maximum absolute atomic E-state index is 12.6. The lowest BCUT2D eigenvalue weighted by Crippen LogP contribution is -2.38. The van der Waals surface area contributed by atoms with Crippen molar-refractivity contribution >= 4 is 23.8 Å². The van der Waals surface area contributed by atoms with Crippen molar-refractivity contribution in [1.29, 1.82) is 0 Å². The van der Waals surface area contributed by atoms with Crippen LogP contribution in [0.15, 0.2) is 29.7 Å². The van der Waals surface area contributed by atoms with Crippen LogP contribution in [-0.4, -0.2) is 66.5 Å². The molecular formula is C20H29N7O3S. The molecule has 1 saturated carbocycles. The van der Waals surface area contributed by atoms with Gasteiger partial charge in [0.25, 0.3) is 0 Å². The van der Waals surface area contributed by atoms with E-state index in [4.69, 9.17) is 4.74 Å². The lowest BCUT2D eigenvalue weighted by Gasteiger charge is -2.27. The number of thioether (sulfide) groups is 1. The van der Waals surface area contributed by atoms with Crippen LogP contribution in [0.1, 0.15) is 51.6 Å². The number of carbonyl (C=O) groups excluding carboxylic acids is 2. The highest BCUT2D eigenvalue weighted by molar-refractivity contribution is 7.99. The zero-order chi connectivity index (χ0) is 22.3. The maximum Gasteiger partial charge on any atom is 0.410 e. The molecule has 10 nitrogen and oxygen atoms in total. The van der Waals surface area contributed by atoms with Gasteiger partial charge >= 0.3 is 6.09 Å². The minimum absolute atomic E-state index is 0.0913. The van der Waals surface area contributed by atoms with Crippen molar-refractivity contribution in [3.05, 3.63) is 30.1 Å². The molecular weight excluding hydrogens is 418 g/mol. The van der Waals surface area contributed by atoms with Crippen LogP contribution >= 0.6 is 11.8 Å². The maximum atomic E-state index is 12.6. The van der Waals surface area contributed by atoms with Crippen molar-refractivity contribution in [3.63, 3.8) is 0 Å². The number of hydrogen-bond donors (Lipinski definition) is 1. The molecule has 0 spiro atoms. The predicted molar refractivity (Wildman–Crippen MR) is 115 cm³/mol. The molecule has 1 aliphatic carbocycles. The fourth-order valence-corrected chi connectivity index (χ4v) is 3.56. The second-order valence-corrected chi connectivity index (χ2v) is 9.34. The van der Waals surface area contributed by atoms with Gasteiger partial charge in [0.1, 0.15) is 5.60 Å². The van der Waals surface area contributed by atoms with Crippen LogP contribution in [0.2, 0.25) is 0 Å². The molecule has 0 atom stereocenters. The van der Waals surface area contributed by atoms with Gasteiger partial charge in [0.05, 0.1) is 18.3 Å². The zero-order valence-corrected chi connectivity index (χ0v) is 19.0. The Hall–Kier alpha value is -2.69. The number of ether oxygens (including phenoxy) is 1. The van der Waals surface area contributed by atoms with Gasteiger partial charge in [0, 0.05) is 25.5 Å². The third-order valence-electron chi connectivity index (χ3n) is 4.36. The Balaban J connectivity index is 1.42. The molecule has 0 aromatic carbocycles. The number of aromatic nitrogens is 5. The molecule has 1 N–H and O–H groups in total. The van der Waals surface area contributed by atoms with Gasteiger partial charge < -0.3 is 15.0 Å². The van der Waals surface area contributed by atoms with Crippen molar-refractivity contribution in [2.24, 2.45) is 0 Å². The van der Waals surface area contributed by atoms with E-state index in [9.17, 15) is 9.59 Å². The lowest BCUT2D eigenvalue weighted by atomic mass is 10.2. The third-order valence-corrected chi connectivity index (χ3v) is 5.30. The van der Waals surface area contributed by atoms with Gasteiger partial charge in [-0.2, -0.15) is 0 Å². The summed E-state index contributed by atoms with van der Waals surface area (Å²) in [6, 6.07) is 4.12. The highest BCUT2D eigenvalue weighted by Gasteiger charge is 2.28. The van der Waals surface area contributed by atoms with Crippen LogP contribution in [0, 0.1) is 0 Å². The van der Waals surface area contributed by atoms with Gasteiger partial charge in [0.15, 0.2) is 0 Å². The standard InChI is InChI=1S/C20H29N7O3S/c1-20(2,3)30-19(29)26(13-15-6-4-9-21-12-15)11-5-10-22-17(28)14-31-18-23-24-25-27(18)16-7-8-16/h4,6,9,12,16H,5,7-8,10-11,13-14H2,1-3H3,(H,22,28). The Labute approximate surface area is 186 Å². The molecule has 0 unspecified atom stereocenters. The van der Waals surface area contributed by atoms with E-state index in [1.807, 2.05) is 32.9 Å². The second-order valence-electron chi connectivity index (χ2n) is 8.39. The smallest absolute Gasteiger partial charge is 0.410 e. The molecule has 11 heteroatoms. The Morgan fingerprint density at radius 2 is 2.16 bits per heavy atom. The molecule has 1 fully saturated rings. The first-order chi connectivity index (χ1) is 14.8. The monoisotopic (exact) mass is 447 g/mol. The van der Waals surface area contributed by atoms with Crippen molar-refractivity contribution in [2.75, 3.05) is 18.8 Å². The lowest BCUT2D eigenvalue weighted by molar-refractivity contribution is -0.118. The Bertz CT molecular complexity index is 865. The van der Waals surface area contributed by atoms with Crippen LogP contribution < -0.4 is 5.32 Å². The number of hydrogen-bond acceptors (Lipinski definition) is 8. The van der Waals surface area contributed by atoms with Crippen LogP contribution in [0.3, 0.4) is 0 Å². The summed E-state index contributed by atoms with van der Waals surface area (Å²) in [4.78, 5) is 30.5. The zero-order valence-electron chi connectivity index (χ0n) is 18.2.